The van der Waals surface area contributed by atoms with E-state index in [-0.39, 0.29) is 5.91 Å². The number of amides is 1. The Morgan fingerprint density at radius 2 is 1.69 bits per heavy atom. The SMILES string of the molecule is COCCN1CCC(CNC(=O)c2cc(OC)c(OC)c(OC)c2)CC1. The largest absolute Gasteiger partial charge is 0.493 e. The van der Waals surface area contributed by atoms with Crippen LogP contribution in [0.15, 0.2) is 12.1 Å². The van der Waals surface area contributed by atoms with E-state index in [9.17, 15) is 4.79 Å². The van der Waals surface area contributed by atoms with Crippen LogP contribution in [0.3, 0.4) is 0 Å². The van der Waals surface area contributed by atoms with Gasteiger partial charge in [-0.25, -0.2) is 0 Å². The van der Waals surface area contributed by atoms with Gasteiger partial charge in [0.05, 0.1) is 27.9 Å². The minimum atomic E-state index is -0.133. The highest BCUT2D eigenvalue weighted by Gasteiger charge is 2.21. The Balaban J connectivity index is 1.90. The summed E-state index contributed by atoms with van der Waals surface area (Å²) in [6.07, 6.45) is 2.17. The average Bonchev–Trinajstić information content (AvgIpc) is 2.69. The molecule has 1 amide bonds. The number of methoxy groups -OCH3 is 4. The summed E-state index contributed by atoms with van der Waals surface area (Å²) in [7, 11) is 6.34. The number of hydrogen-bond acceptors (Lipinski definition) is 6. The molecule has 0 spiro atoms. The van der Waals surface area contributed by atoms with Crippen LogP contribution in [0.1, 0.15) is 23.2 Å². The molecule has 1 aromatic carbocycles. The number of nitrogens with one attached hydrogen (secondary N) is 1. The zero-order valence-electron chi connectivity index (χ0n) is 16.2. The fraction of sp³-hybridized carbons (Fsp3) is 0.632. The summed E-state index contributed by atoms with van der Waals surface area (Å²) in [5.41, 5.74) is 0.497. The van der Waals surface area contributed by atoms with E-state index in [0.29, 0.717) is 35.3 Å². The summed E-state index contributed by atoms with van der Waals surface area (Å²) in [5, 5.41) is 3.03. The van der Waals surface area contributed by atoms with Crippen LogP contribution in [0.2, 0.25) is 0 Å². The van der Waals surface area contributed by atoms with Crippen LogP contribution >= 0.6 is 0 Å². The van der Waals surface area contributed by atoms with E-state index in [2.05, 4.69) is 10.2 Å². The van der Waals surface area contributed by atoms with Crippen molar-refractivity contribution in [3.63, 3.8) is 0 Å². The van der Waals surface area contributed by atoms with E-state index >= 15 is 0 Å². The number of nitrogens with zero attached hydrogens (tertiary/aromatic N) is 1. The molecule has 0 aliphatic carbocycles. The molecule has 0 unspecified atom stereocenters. The van der Waals surface area contributed by atoms with Gasteiger partial charge in [0.15, 0.2) is 11.5 Å². The minimum absolute atomic E-state index is 0.133. The van der Waals surface area contributed by atoms with Crippen molar-refractivity contribution in [2.24, 2.45) is 5.92 Å². The van der Waals surface area contributed by atoms with Crippen LogP contribution in [0, 0.1) is 5.92 Å². The number of benzene rings is 1. The van der Waals surface area contributed by atoms with Crippen molar-refractivity contribution >= 4 is 5.91 Å². The highest BCUT2D eigenvalue weighted by Crippen LogP contribution is 2.38. The molecular formula is C19H30N2O5. The maximum absolute atomic E-state index is 12.5. The quantitative estimate of drug-likeness (QED) is 0.719. The predicted molar refractivity (Wildman–Crippen MR) is 99.5 cm³/mol. The lowest BCUT2D eigenvalue weighted by Crippen LogP contribution is -2.39. The van der Waals surface area contributed by atoms with Crippen molar-refractivity contribution < 1.29 is 23.7 Å². The molecule has 1 aromatic rings. The fourth-order valence-corrected chi connectivity index (χ4v) is 3.19. The zero-order valence-corrected chi connectivity index (χ0v) is 16.2. The van der Waals surface area contributed by atoms with Crippen LogP contribution in [0.5, 0.6) is 17.2 Å². The number of carbonyl (C=O) groups excluding carboxylic acids is 1. The maximum atomic E-state index is 12.5. The summed E-state index contributed by atoms with van der Waals surface area (Å²) in [6.45, 7) is 4.51. The standard InChI is InChI=1S/C19H30N2O5/c1-23-10-9-21-7-5-14(6-8-21)13-20-19(22)15-11-16(24-2)18(26-4)17(12-15)25-3/h11-12,14H,5-10,13H2,1-4H3,(H,20,22). The maximum Gasteiger partial charge on any atom is 0.251 e. The van der Waals surface area contributed by atoms with Gasteiger partial charge in [-0.2, -0.15) is 0 Å². The van der Waals surface area contributed by atoms with E-state index in [1.54, 1.807) is 26.4 Å². The predicted octanol–water partition coefficient (Wildman–Crippen LogP) is 1.80. The molecule has 1 fully saturated rings. The lowest BCUT2D eigenvalue weighted by Gasteiger charge is -2.31. The molecular weight excluding hydrogens is 336 g/mol. The number of piperidine rings is 1. The number of ether oxygens (including phenoxy) is 4. The average molecular weight is 366 g/mol. The van der Waals surface area contributed by atoms with Crippen molar-refractivity contribution in [2.45, 2.75) is 12.8 Å². The van der Waals surface area contributed by atoms with E-state index in [1.165, 1.54) is 14.2 Å². The number of likely N-dealkylation sites (tertiary alicyclic amines) is 1. The first kappa shape index (κ1) is 20.3. The smallest absolute Gasteiger partial charge is 0.251 e. The third-order valence-electron chi connectivity index (χ3n) is 4.80. The lowest BCUT2D eigenvalue weighted by atomic mass is 9.96. The van der Waals surface area contributed by atoms with Gasteiger partial charge in [0.1, 0.15) is 0 Å². The molecule has 0 radical (unpaired) electrons. The van der Waals surface area contributed by atoms with Crippen LogP contribution in [-0.2, 0) is 4.74 Å². The third kappa shape index (κ3) is 5.25. The van der Waals surface area contributed by atoms with Gasteiger partial charge in [-0.1, -0.05) is 0 Å². The Bertz CT molecular complexity index is 560. The second-order valence-electron chi connectivity index (χ2n) is 6.40. The van der Waals surface area contributed by atoms with Gasteiger partial charge in [0.25, 0.3) is 5.91 Å². The minimum Gasteiger partial charge on any atom is -0.493 e. The van der Waals surface area contributed by atoms with Gasteiger partial charge < -0.3 is 29.2 Å². The normalized spacial score (nSPS) is 15.5. The topological polar surface area (TPSA) is 69.3 Å². The second kappa shape index (κ2) is 10.2. The molecule has 1 N–H and O–H groups in total. The molecule has 1 heterocycles. The van der Waals surface area contributed by atoms with Crippen molar-refractivity contribution in [3.8, 4) is 17.2 Å². The molecule has 7 nitrogen and oxygen atoms in total. The zero-order chi connectivity index (χ0) is 18.9. The number of carbonyl (C=O) groups is 1. The fourth-order valence-electron chi connectivity index (χ4n) is 3.19. The molecule has 0 atom stereocenters. The van der Waals surface area contributed by atoms with E-state index in [1.807, 2.05) is 0 Å². The Labute approximate surface area is 155 Å². The Hall–Kier alpha value is -1.99. The number of hydrogen-bond donors (Lipinski definition) is 1. The summed E-state index contributed by atoms with van der Waals surface area (Å²) < 4.78 is 21.0. The molecule has 146 valence electrons. The Kier molecular flexibility index (Phi) is 8.00. The number of rotatable bonds is 9. The van der Waals surface area contributed by atoms with Crippen molar-refractivity contribution in [1.82, 2.24) is 10.2 Å². The molecule has 1 aliphatic heterocycles. The van der Waals surface area contributed by atoms with Gasteiger partial charge in [-0.05, 0) is 44.0 Å². The van der Waals surface area contributed by atoms with Crippen molar-refractivity contribution in [3.05, 3.63) is 17.7 Å². The monoisotopic (exact) mass is 366 g/mol. The van der Waals surface area contributed by atoms with Gasteiger partial charge in [-0.15, -0.1) is 0 Å². The van der Waals surface area contributed by atoms with E-state index in [0.717, 1.165) is 39.1 Å². The molecule has 26 heavy (non-hydrogen) atoms. The first-order valence-corrected chi connectivity index (χ1v) is 8.92. The van der Waals surface area contributed by atoms with Gasteiger partial charge in [-0.3, -0.25) is 4.79 Å². The molecule has 1 saturated heterocycles. The van der Waals surface area contributed by atoms with E-state index in [4.69, 9.17) is 18.9 Å². The second-order valence-corrected chi connectivity index (χ2v) is 6.40. The highest BCUT2D eigenvalue weighted by atomic mass is 16.5. The van der Waals surface area contributed by atoms with Crippen LogP contribution in [-0.4, -0.2) is 72.0 Å². The van der Waals surface area contributed by atoms with Crippen molar-refractivity contribution in [2.75, 3.05) is 61.2 Å². The molecule has 0 bridgehead atoms. The summed E-state index contributed by atoms with van der Waals surface area (Å²) in [4.78, 5) is 14.9. The third-order valence-corrected chi connectivity index (χ3v) is 4.80. The van der Waals surface area contributed by atoms with Crippen LogP contribution < -0.4 is 19.5 Å². The first-order valence-electron chi connectivity index (χ1n) is 8.92. The molecule has 7 heteroatoms. The van der Waals surface area contributed by atoms with Crippen LogP contribution in [0.4, 0.5) is 0 Å². The highest BCUT2D eigenvalue weighted by molar-refractivity contribution is 5.95. The first-order chi connectivity index (χ1) is 12.6. The van der Waals surface area contributed by atoms with Gasteiger partial charge in [0, 0.05) is 25.8 Å². The van der Waals surface area contributed by atoms with E-state index < -0.39 is 0 Å². The van der Waals surface area contributed by atoms with Gasteiger partial charge >= 0.3 is 0 Å². The van der Waals surface area contributed by atoms with Crippen molar-refractivity contribution in [1.29, 1.82) is 0 Å². The lowest BCUT2D eigenvalue weighted by molar-refractivity contribution is 0.0925. The summed E-state index contributed by atoms with van der Waals surface area (Å²) in [6, 6.07) is 3.34. The molecule has 2 rings (SSSR count). The molecule has 0 saturated carbocycles. The molecule has 1 aliphatic rings. The summed E-state index contributed by atoms with van der Waals surface area (Å²) >= 11 is 0. The Morgan fingerprint density at radius 3 is 2.19 bits per heavy atom. The molecule has 0 aromatic heterocycles. The summed E-state index contributed by atoms with van der Waals surface area (Å²) in [5.74, 6) is 1.80. The Morgan fingerprint density at radius 1 is 1.08 bits per heavy atom. The van der Waals surface area contributed by atoms with Gasteiger partial charge in [0.2, 0.25) is 5.75 Å². The van der Waals surface area contributed by atoms with Crippen LogP contribution in [0.25, 0.3) is 0 Å².